The molecule has 0 amide bonds. The Kier molecular flexibility index (Phi) is 5.82. The van der Waals surface area contributed by atoms with E-state index in [1.165, 1.54) is 0 Å². The van der Waals surface area contributed by atoms with Gasteiger partial charge in [-0.05, 0) is 24.3 Å². The average molecular weight is 469 g/mol. The van der Waals surface area contributed by atoms with Crippen LogP contribution < -0.4 is 0 Å². The first-order chi connectivity index (χ1) is 10.8. The Morgan fingerprint density at radius 2 is 0.957 bits per heavy atom. The molecule has 0 saturated carbocycles. The molecule has 0 bridgehead atoms. The summed E-state index contributed by atoms with van der Waals surface area (Å²) in [5, 5.41) is 20.5. The molecule has 4 nitrogen and oxygen atoms in total. The summed E-state index contributed by atoms with van der Waals surface area (Å²) in [5.41, 5.74) is 1.32. The molecule has 4 rings (SSSR count). The second kappa shape index (κ2) is 7.83. The van der Waals surface area contributed by atoms with Gasteiger partial charge in [0.05, 0.1) is 0 Å². The van der Waals surface area contributed by atoms with Crippen LogP contribution in [0.3, 0.4) is 0 Å². The zero-order valence-corrected chi connectivity index (χ0v) is 15.8. The Morgan fingerprint density at radius 3 is 1.35 bits per heavy atom. The number of hydrogen-bond acceptors (Lipinski definition) is 4. The largest absolute Gasteiger partial charge is 0.506 e. The van der Waals surface area contributed by atoms with E-state index in [4.69, 9.17) is 0 Å². The molecule has 0 spiro atoms. The van der Waals surface area contributed by atoms with Crippen molar-refractivity contribution >= 4 is 21.8 Å². The maximum Gasteiger partial charge on any atom is 0.141 e. The quantitative estimate of drug-likeness (QED) is 0.384. The van der Waals surface area contributed by atoms with E-state index in [9.17, 15) is 10.2 Å². The van der Waals surface area contributed by atoms with Crippen LogP contribution in [0.5, 0.6) is 11.5 Å². The van der Waals surface area contributed by atoms with Crippen molar-refractivity contribution in [2.75, 3.05) is 0 Å². The molecule has 5 heteroatoms. The zero-order valence-electron chi connectivity index (χ0n) is 12.2. The van der Waals surface area contributed by atoms with Crippen LogP contribution in [0.25, 0.3) is 21.8 Å². The van der Waals surface area contributed by atoms with E-state index in [0.29, 0.717) is 11.0 Å². The van der Waals surface area contributed by atoms with Crippen molar-refractivity contribution in [3.63, 3.8) is 0 Å². The summed E-state index contributed by atoms with van der Waals surface area (Å²) < 4.78 is 0. The van der Waals surface area contributed by atoms with Crippen molar-refractivity contribution in [3.05, 3.63) is 73.1 Å². The zero-order chi connectivity index (χ0) is 15.4. The summed E-state index contributed by atoms with van der Waals surface area (Å²) in [4.78, 5) is 8.06. The molecular weight excluding hydrogens is 455 g/mol. The van der Waals surface area contributed by atoms with Crippen LogP contribution in [0.4, 0.5) is 0 Å². The molecule has 23 heavy (non-hydrogen) atoms. The second-order valence-corrected chi connectivity index (χ2v) is 4.70. The molecule has 0 aliphatic carbocycles. The number of rotatable bonds is 0. The summed E-state index contributed by atoms with van der Waals surface area (Å²) in [6, 6.07) is 18.3. The smallest absolute Gasteiger partial charge is 0.141 e. The Labute approximate surface area is 152 Å². The first-order valence-corrected chi connectivity index (χ1v) is 6.81. The van der Waals surface area contributed by atoms with Gasteiger partial charge in [-0.1, -0.05) is 36.4 Å². The van der Waals surface area contributed by atoms with E-state index in [1.807, 2.05) is 36.4 Å². The van der Waals surface area contributed by atoms with E-state index in [-0.39, 0.29) is 37.3 Å². The van der Waals surface area contributed by atoms with Gasteiger partial charge in [0.2, 0.25) is 0 Å². The van der Waals surface area contributed by atoms with Gasteiger partial charge in [-0.15, -0.1) is 0 Å². The van der Waals surface area contributed by atoms with Crippen LogP contribution in [0, 0.1) is 0 Å². The van der Waals surface area contributed by atoms with Gasteiger partial charge in [0.15, 0.2) is 0 Å². The van der Waals surface area contributed by atoms with Crippen molar-refractivity contribution in [2.24, 2.45) is 0 Å². The standard InChI is InChI=1S/2C9H7NO.Hf/c2*11-8-5-1-3-7-4-2-6-10-9(7)8;/h2*1-6,11H;. The van der Waals surface area contributed by atoms with Gasteiger partial charge in [-0.3, -0.25) is 9.97 Å². The van der Waals surface area contributed by atoms with Gasteiger partial charge in [-0.2, -0.15) is 0 Å². The molecular formula is C18H14HfN2O2. The predicted molar refractivity (Wildman–Crippen MR) is 86.8 cm³/mol. The van der Waals surface area contributed by atoms with Gasteiger partial charge in [0.1, 0.15) is 22.5 Å². The van der Waals surface area contributed by atoms with Gasteiger partial charge in [-0.25, -0.2) is 0 Å². The van der Waals surface area contributed by atoms with Gasteiger partial charge in [0, 0.05) is 49.0 Å². The average Bonchev–Trinajstić information content (AvgIpc) is 2.57. The molecule has 0 aliphatic heterocycles. The minimum absolute atomic E-state index is 0. The summed E-state index contributed by atoms with van der Waals surface area (Å²) in [5.74, 6) is 0.478. The molecule has 2 aromatic carbocycles. The molecule has 0 aliphatic rings. The predicted octanol–water partition coefficient (Wildman–Crippen LogP) is 3.88. The number of benzene rings is 2. The summed E-state index contributed by atoms with van der Waals surface area (Å²) in [6.45, 7) is 0. The minimum Gasteiger partial charge on any atom is -0.506 e. The third-order valence-electron chi connectivity index (χ3n) is 3.22. The van der Waals surface area contributed by atoms with Crippen molar-refractivity contribution in [2.45, 2.75) is 0 Å². The molecule has 112 valence electrons. The Balaban J connectivity index is 0.000000160. The fourth-order valence-corrected chi connectivity index (χ4v) is 2.18. The fraction of sp³-hybridized carbons (Fsp3) is 0. The number of fused-ring (bicyclic) bond motifs is 2. The molecule has 2 heterocycles. The summed E-state index contributed by atoms with van der Waals surface area (Å²) in [6.07, 6.45) is 3.34. The summed E-state index contributed by atoms with van der Waals surface area (Å²) >= 11 is 0. The molecule has 0 fully saturated rings. The van der Waals surface area contributed by atoms with Gasteiger partial charge in [0.25, 0.3) is 0 Å². The SMILES string of the molecule is Oc1cccc2cccnc12.Oc1cccc2cccnc12.[Hf]. The Bertz CT molecular complexity index is 841. The molecule has 0 saturated heterocycles. The number of aromatic hydroxyl groups is 2. The van der Waals surface area contributed by atoms with E-state index < -0.39 is 0 Å². The van der Waals surface area contributed by atoms with Crippen LogP contribution in [-0.4, -0.2) is 20.2 Å². The Hall–Kier alpha value is -2.27. The van der Waals surface area contributed by atoms with Gasteiger partial charge < -0.3 is 10.2 Å². The molecule has 0 atom stereocenters. The normalized spacial score (nSPS) is 9.74. The molecule has 4 aromatic rings. The molecule has 0 radical (unpaired) electrons. The number of aromatic nitrogens is 2. The van der Waals surface area contributed by atoms with Crippen molar-refractivity contribution < 1.29 is 36.1 Å². The van der Waals surface area contributed by atoms with Crippen LogP contribution in [-0.2, 0) is 25.8 Å². The van der Waals surface area contributed by atoms with Crippen molar-refractivity contribution in [1.82, 2.24) is 9.97 Å². The minimum atomic E-state index is 0. The number of hydrogen-bond donors (Lipinski definition) is 2. The van der Waals surface area contributed by atoms with E-state index in [0.717, 1.165) is 10.8 Å². The van der Waals surface area contributed by atoms with Crippen LogP contribution in [0.15, 0.2) is 73.1 Å². The van der Waals surface area contributed by atoms with Crippen LogP contribution in [0.2, 0.25) is 0 Å². The third kappa shape index (κ3) is 3.93. The first-order valence-electron chi connectivity index (χ1n) is 6.81. The van der Waals surface area contributed by atoms with Crippen LogP contribution in [0.1, 0.15) is 0 Å². The van der Waals surface area contributed by atoms with E-state index in [1.54, 1.807) is 36.7 Å². The number of pyridine rings is 2. The van der Waals surface area contributed by atoms with Crippen molar-refractivity contribution in [3.8, 4) is 11.5 Å². The number of para-hydroxylation sites is 2. The summed E-state index contributed by atoms with van der Waals surface area (Å²) in [7, 11) is 0. The number of phenols is 2. The molecule has 2 aromatic heterocycles. The fourth-order valence-electron chi connectivity index (χ4n) is 2.18. The maximum atomic E-state index is 9.31. The van der Waals surface area contributed by atoms with E-state index in [2.05, 4.69) is 9.97 Å². The monoisotopic (exact) mass is 470 g/mol. The molecule has 2 N–H and O–H groups in total. The van der Waals surface area contributed by atoms with Crippen molar-refractivity contribution in [1.29, 1.82) is 0 Å². The number of phenolic OH excluding ortho intramolecular Hbond substituents is 2. The molecule has 0 unspecified atom stereocenters. The van der Waals surface area contributed by atoms with Crippen LogP contribution >= 0.6 is 0 Å². The second-order valence-electron chi connectivity index (χ2n) is 4.70. The maximum absolute atomic E-state index is 9.31. The van der Waals surface area contributed by atoms with E-state index >= 15 is 0 Å². The number of nitrogens with zero attached hydrogens (tertiary/aromatic N) is 2. The topological polar surface area (TPSA) is 66.2 Å². The third-order valence-corrected chi connectivity index (χ3v) is 3.22. The first kappa shape index (κ1) is 17.1. The van der Waals surface area contributed by atoms with Gasteiger partial charge >= 0.3 is 0 Å². The Morgan fingerprint density at radius 1 is 0.565 bits per heavy atom.